The van der Waals surface area contributed by atoms with Crippen molar-refractivity contribution >= 4 is 15.7 Å². The fraction of sp³-hybridized carbons (Fsp3) is 0.381. The van der Waals surface area contributed by atoms with E-state index in [1.807, 2.05) is 54.6 Å². The lowest BCUT2D eigenvalue weighted by atomic mass is 10.0. The molecule has 2 saturated heterocycles. The van der Waals surface area contributed by atoms with Gasteiger partial charge in [0.25, 0.3) is 0 Å². The Kier molecular flexibility index (Phi) is 5.12. The molecule has 0 unspecified atom stereocenters. The minimum atomic E-state index is -3.12. The van der Waals surface area contributed by atoms with Gasteiger partial charge >= 0.3 is 0 Å². The fourth-order valence-electron chi connectivity index (χ4n) is 4.13. The molecule has 6 nitrogen and oxygen atoms in total. The Bertz CT molecular complexity index is 944. The number of amides is 1. The molecule has 1 amide bonds. The van der Waals surface area contributed by atoms with Crippen LogP contribution in [-0.2, 0) is 21.2 Å². The van der Waals surface area contributed by atoms with Crippen LogP contribution in [0.15, 0.2) is 54.6 Å². The number of carbonyl (C=O) groups excluding carboxylic acids is 1. The minimum absolute atomic E-state index is 0.0471. The molecule has 0 saturated carbocycles. The summed E-state index contributed by atoms with van der Waals surface area (Å²) in [6, 6.07) is 17.1. The maximum absolute atomic E-state index is 12.2. The Morgan fingerprint density at radius 2 is 1.61 bits per heavy atom. The van der Waals surface area contributed by atoms with Crippen molar-refractivity contribution in [3.63, 3.8) is 0 Å². The highest BCUT2D eigenvalue weighted by Gasteiger charge is 2.47. The molecule has 4 rings (SSSR count). The van der Waals surface area contributed by atoms with Crippen LogP contribution in [0, 0.1) is 0 Å². The molecule has 2 fully saturated rings. The number of para-hydroxylation sites is 1. The number of fused-ring (bicyclic) bond motifs is 1. The van der Waals surface area contributed by atoms with E-state index in [-0.39, 0.29) is 29.5 Å². The molecule has 148 valence electrons. The van der Waals surface area contributed by atoms with Crippen molar-refractivity contribution in [1.82, 2.24) is 9.80 Å². The van der Waals surface area contributed by atoms with Crippen molar-refractivity contribution in [3.8, 4) is 11.5 Å². The third kappa shape index (κ3) is 4.05. The SMILES string of the molecule is CC(=O)N1CCN(Cc2ccc(Oc3ccccc3)cc2)[C@H]2CS(=O)(=O)C[C@H]21. The molecule has 0 N–H and O–H groups in total. The van der Waals surface area contributed by atoms with E-state index in [2.05, 4.69) is 4.90 Å². The minimum Gasteiger partial charge on any atom is -0.457 e. The van der Waals surface area contributed by atoms with Crippen molar-refractivity contribution < 1.29 is 17.9 Å². The van der Waals surface area contributed by atoms with Crippen LogP contribution >= 0.6 is 0 Å². The number of benzene rings is 2. The molecule has 0 aliphatic carbocycles. The summed E-state index contributed by atoms with van der Waals surface area (Å²) in [4.78, 5) is 15.8. The van der Waals surface area contributed by atoms with E-state index in [9.17, 15) is 13.2 Å². The van der Waals surface area contributed by atoms with E-state index in [0.717, 1.165) is 17.1 Å². The van der Waals surface area contributed by atoms with Gasteiger partial charge in [0.2, 0.25) is 5.91 Å². The maximum atomic E-state index is 12.2. The number of piperazine rings is 1. The lowest BCUT2D eigenvalue weighted by Gasteiger charge is -2.43. The second kappa shape index (κ2) is 7.56. The zero-order valence-corrected chi connectivity index (χ0v) is 16.6. The third-order valence-corrected chi connectivity index (χ3v) is 7.18. The Labute approximate surface area is 165 Å². The quantitative estimate of drug-likeness (QED) is 0.788. The van der Waals surface area contributed by atoms with Crippen LogP contribution < -0.4 is 4.74 Å². The molecule has 0 aromatic heterocycles. The first kappa shape index (κ1) is 19.0. The normalized spacial score (nSPS) is 24.0. The smallest absolute Gasteiger partial charge is 0.219 e. The Balaban J connectivity index is 1.46. The topological polar surface area (TPSA) is 66.9 Å². The van der Waals surface area contributed by atoms with Gasteiger partial charge in [-0.25, -0.2) is 8.42 Å². The van der Waals surface area contributed by atoms with Gasteiger partial charge in [0, 0.05) is 32.6 Å². The lowest BCUT2D eigenvalue weighted by molar-refractivity contribution is -0.134. The van der Waals surface area contributed by atoms with Crippen LogP contribution in [0.4, 0.5) is 0 Å². The van der Waals surface area contributed by atoms with Gasteiger partial charge in [-0.05, 0) is 29.8 Å². The van der Waals surface area contributed by atoms with Crippen LogP contribution in [-0.4, -0.2) is 60.8 Å². The third-order valence-electron chi connectivity index (χ3n) is 5.48. The van der Waals surface area contributed by atoms with E-state index < -0.39 is 9.84 Å². The summed E-state index contributed by atoms with van der Waals surface area (Å²) in [5.74, 6) is 1.69. The molecule has 0 spiro atoms. The largest absolute Gasteiger partial charge is 0.457 e. The predicted octanol–water partition coefficient (Wildman–Crippen LogP) is 2.31. The maximum Gasteiger partial charge on any atom is 0.219 e. The van der Waals surface area contributed by atoms with Gasteiger partial charge in [-0.3, -0.25) is 9.69 Å². The highest BCUT2D eigenvalue weighted by molar-refractivity contribution is 7.91. The van der Waals surface area contributed by atoms with Gasteiger partial charge in [0.1, 0.15) is 11.5 Å². The van der Waals surface area contributed by atoms with Gasteiger partial charge in [-0.15, -0.1) is 0 Å². The summed E-state index contributed by atoms with van der Waals surface area (Å²) in [5.41, 5.74) is 1.10. The van der Waals surface area contributed by atoms with E-state index in [1.165, 1.54) is 6.92 Å². The second-order valence-corrected chi connectivity index (χ2v) is 9.61. The predicted molar refractivity (Wildman–Crippen MR) is 107 cm³/mol. The first-order valence-electron chi connectivity index (χ1n) is 9.45. The van der Waals surface area contributed by atoms with Crippen LogP contribution in [0.2, 0.25) is 0 Å². The van der Waals surface area contributed by atoms with Crippen molar-refractivity contribution in [1.29, 1.82) is 0 Å². The summed E-state index contributed by atoms with van der Waals surface area (Å²) in [7, 11) is -3.12. The number of nitrogens with zero attached hydrogens (tertiary/aromatic N) is 2. The standard InChI is InChI=1S/C21H24N2O4S/c1-16(24)23-12-11-22(20-14-28(25,26)15-21(20)23)13-17-7-9-19(10-8-17)27-18-5-3-2-4-6-18/h2-10,20-21H,11-15H2,1H3/t20-,21+/m0/s1. The zero-order chi connectivity index (χ0) is 19.7. The van der Waals surface area contributed by atoms with Gasteiger partial charge < -0.3 is 9.64 Å². The summed E-state index contributed by atoms with van der Waals surface area (Å²) in [5, 5.41) is 0. The molecule has 0 radical (unpaired) electrons. The Morgan fingerprint density at radius 3 is 2.29 bits per heavy atom. The number of hydrogen-bond donors (Lipinski definition) is 0. The van der Waals surface area contributed by atoms with Crippen molar-refractivity contribution in [3.05, 3.63) is 60.2 Å². The molecule has 2 aliphatic rings. The molecule has 2 aliphatic heterocycles. The molecule has 2 aromatic carbocycles. The molecule has 2 atom stereocenters. The van der Waals surface area contributed by atoms with Crippen molar-refractivity contribution in [2.45, 2.75) is 25.6 Å². The van der Waals surface area contributed by atoms with Gasteiger partial charge in [0.15, 0.2) is 9.84 Å². The second-order valence-electron chi connectivity index (χ2n) is 7.45. The number of sulfone groups is 1. The lowest BCUT2D eigenvalue weighted by Crippen LogP contribution is -2.59. The highest BCUT2D eigenvalue weighted by Crippen LogP contribution is 2.29. The number of rotatable bonds is 4. The molecule has 2 aromatic rings. The van der Waals surface area contributed by atoms with Crippen molar-refractivity contribution in [2.24, 2.45) is 0 Å². The average molecular weight is 401 g/mol. The molecular weight excluding hydrogens is 376 g/mol. The van der Waals surface area contributed by atoms with Crippen LogP contribution in [0.25, 0.3) is 0 Å². The molecule has 28 heavy (non-hydrogen) atoms. The Morgan fingerprint density at radius 1 is 0.964 bits per heavy atom. The molecule has 7 heteroatoms. The van der Waals surface area contributed by atoms with E-state index in [0.29, 0.717) is 19.6 Å². The molecule has 2 heterocycles. The van der Waals surface area contributed by atoms with Crippen LogP contribution in [0.1, 0.15) is 12.5 Å². The summed E-state index contributed by atoms with van der Waals surface area (Å²) in [6.45, 7) is 3.43. The average Bonchev–Trinajstić information content (AvgIpc) is 2.99. The monoisotopic (exact) mass is 400 g/mol. The summed E-state index contributed by atoms with van der Waals surface area (Å²) in [6.07, 6.45) is 0. The first-order chi connectivity index (χ1) is 13.4. The van der Waals surface area contributed by atoms with E-state index in [4.69, 9.17) is 4.74 Å². The number of ether oxygens (including phenoxy) is 1. The number of hydrogen-bond acceptors (Lipinski definition) is 5. The van der Waals surface area contributed by atoms with Crippen LogP contribution in [0.3, 0.4) is 0 Å². The fourth-order valence-corrected chi connectivity index (χ4v) is 6.15. The van der Waals surface area contributed by atoms with E-state index >= 15 is 0 Å². The van der Waals surface area contributed by atoms with Gasteiger partial charge in [-0.2, -0.15) is 0 Å². The zero-order valence-electron chi connectivity index (χ0n) is 15.8. The number of carbonyl (C=O) groups is 1. The molecular formula is C21H24N2O4S. The first-order valence-corrected chi connectivity index (χ1v) is 11.3. The van der Waals surface area contributed by atoms with Gasteiger partial charge in [0.05, 0.1) is 17.5 Å². The highest BCUT2D eigenvalue weighted by atomic mass is 32.2. The van der Waals surface area contributed by atoms with Gasteiger partial charge in [-0.1, -0.05) is 30.3 Å². The van der Waals surface area contributed by atoms with E-state index in [1.54, 1.807) is 4.90 Å². The molecule has 0 bridgehead atoms. The summed E-state index contributed by atoms with van der Waals surface area (Å²) >= 11 is 0. The van der Waals surface area contributed by atoms with Crippen LogP contribution in [0.5, 0.6) is 11.5 Å². The van der Waals surface area contributed by atoms with Crippen molar-refractivity contribution in [2.75, 3.05) is 24.6 Å². The Hall–Kier alpha value is -2.38. The summed E-state index contributed by atoms with van der Waals surface area (Å²) < 4.78 is 30.2.